The molecule has 0 spiro atoms. The number of aryl methyl sites for hydroxylation is 1. The van der Waals surface area contributed by atoms with Gasteiger partial charge >= 0.3 is 0 Å². The van der Waals surface area contributed by atoms with Gasteiger partial charge in [0.05, 0.1) is 0 Å². The van der Waals surface area contributed by atoms with Gasteiger partial charge in [-0.1, -0.05) is 67.9 Å². The van der Waals surface area contributed by atoms with Gasteiger partial charge in [-0.25, -0.2) is 0 Å². The smallest absolute Gasteiger partial charge is 0.0409 e. The molecule has 0 aliphatic rings. The van der Waals surface area contributed by atoms with Crippen molar-refractivity contribution >= 4 is 11.8 Å². The lowest BCUT2D eigenvalue weighted by molar-refractivity contribution is 0.661. The summed E-state index contributed by atoms with van der Waals surface area (Å²) in [4.78, 5) is 0. The Hall–Kier alpha value is -1.25. The van der Waals surface area contributed by atoms with Crippen LogP contribution >= 0.6 is 11.8 Å². The zero-order valence-electron chi connectivity index (χ0n) is 13.0. The van der Waals surface area contributed by atoms with Crippen LogP contribution in [0.1, 0.15) is 36.1 Å². The third-order valence-corrected chi connectivity index (χ3v) is 4.77. The van der Waals surface area contributed by atoms with E-state index in [1.54, 1.807) is 0 Å². The first-order valence-corrected chi connectivity index (χ1v) is 8.86. The van der Waals surface area contributed by atoms with Crippen LogP contribution in [0.4, 0.5) is 0 Å². The number of hydrogen-bond acceptors (Lipinski definition) is 2. The highest BCUT2D eigenvalue weighted by molar-refractivity contribution is 7.98. The van der Waals surface area contributed by atoms with Crippen LogP contribution in [0.5, 0.6) is 0 Å². The van der Waals surface area contributed by atoms with E-state index in [9.17, 15) is 0 Å². The predicted octanol–water partition coefficient (Wildman–Crippen LogP) is 4.83. The van der Waals surface area contributed by atoms with Gasteiger partial charge in [0.15, 0.2) is 0 Å². The first-order valence-electron chi connectivity index (χ1n) is 7.71. The molecule has 0 saturated carbocycles. The SMILES string of the molecule is CCCc1ccc(C(CSCc2ccccc2)NC)cc1. The van der Waals surface area contributed by atoms with Gasteiger partial charge in [0, 0.05) is 17.5 Å². The summed E-state index contributed by atoms with van der Waals surface area (Å²) in [5.41, 5.74) is 4.22. The number of nitrogens with one attached hydrogen (secondary N) is 1. The highest BCUT2D eigenvalue weighted by Crippen LogP contribution is 2.21. The van der Waals surface area contributed by atoms with Crippen molar-refractivity contribution in [1.82, 2.24) is 5.32 Å². The number of thioether (sulfide) groups is 1. The zero-order chi connectivity index (χ0) is 14.9. The van der Waals surface area contributed by atoms with Crippen molar-refractivity contribution in [2.24, 2.45) is 0 Å². The maximum atomic E-state index is 3.44. The molecule has 2 aromatic rings. The molecule has 2 aromatic carbocycles. The summed E-state index contributed by atoms with van der Waals surface area (Å²) in [5.74, 6) is 2.17. The van der Waals surface area contributed by atoms with Gasteiger partial charge in [-0.2, -0.15) is 11.8 Å². The molecule has 2 heteroatoms. The summed E-state index contributed by atoms with van der Waals surface area (Å²) in [6, 6.07) is 20.2. The van der Waals surface area contributed by atoms with E-state index in [2.05, 4.69) is 66.8 Å². The molecule has 21 heavy (non-hydrogen) atoms. The Bertz CT molecular complexity index is 507. The molecule has 0 amide bonds. The Balaban J connectivity index is 1.87. The van der Waals surface area contributed by atoms with Gasteiger partial charge in [0.1, 0.15) is 0 Å². The summed E-state index contributed by atoms with van der Waals surface area (Å²) >= 11 is 1.99. The first-order chi connectivity index (χ1) is 10.3. The maximum absolute atomic E-state index is 3.44. The van der Waals surface area contributed by atoms with Crippen molar-refractivity contribution < 1.29 is 0 Å². The summed E-state index contributed by atoms with van der Waals surface area (Å²) in [5, 5.41) is 3.44. The van der Waals surface area contributed by atoms with E-state index in [1.807, 2.05) is 18.8 Å². The normalized spacial score (nSPS) is 12.3. The zero-order valence-corrected chi connectivity index (χ0v) is 13.8. The highest BCUT2D eigenvalue weighted by Gasteiger charge is 2.09. The highest BCUT2D eigenvalue weighted by atomic mass is 32.2. The molecule has 0 bridgehead atoms. The van der Waals surface area contributed by atoms with Crippen molar-refractivity contribution in [3.63, 3.8) is 0 Å². The molecule has 0 radical (unpaired) electrons. The van der Waals surface area contributed by atoms with Gasteiger partial charge in [0.25, 0.3) is 0 Å². The summed E-state index contributed by atoms with van der Waals surface area (Å²) in [6.07, 6.45) is 2.38. The fourth-order valence-corrected chi connectivity index (χ4v) is 3.56. The van der Waals surface area contributed by atoms with Crippen molar-refractivity contribution in [2.45, 2.75) is 31.6 Å². The molecule has 0 aliphatic heterocycles. The summed E-state index contributed by atoms with van der Waals surface area (Å²) < 4.78 is 0. The van der Waals surface area contributed by atoms with Crippen LogP contribution in [0.3, 0.4) is 0 Å². The molecule has 0 aromatic heterocycles. The minimum absolute atomic E-state index is 0.425. The van der Waals surface area contributed by atoms with E-state index in [-0.39, 0.29) is 0 Å². The van der Waals surface area contributed by atoms with E-state index in [0.717, 1.165) is 11.5 Å². The average molecular weight is 299 g/mol. The maximum Gasteiger partial charge on any atom is 0.0409 e. The Morgan fingerprint density at radius 2 is 1.67 bits per heavy atom. The van der Waals surface area contributed by atoms with Crippen molar-refractivity contribution in [3.05, 3.63) is 71.3 Å². The Kier molecular flexibility index (Phi) is 6.84. The quantitative estimate of drug-likeness (QED) is 0.749. The van der Waals surface area contributed by atoms with Crippen molar-refractivity contribution in [2.75, 3.05) is 12.8 Å². The third-order valence-electron chi connectivity index (χ3n) is 3.67. The second kappa shape index (κ2) is 8.91. The Labute approximate surface area is 133 Å². The fraction of sp³-hybridized carbons (Fsp3) is 0.368. The van der Waals surface area contributed by atoms with Crippen LogP contribution in [0.25, 0.3) is 0 Å². The third kappa shape index (κ3) is 5.22. The Morgan fingerprint density at radius 1 is 0.952 bits per heavy atom. The van der Waals surface area contributed by atoms with Gasteiger partial charge < -0.3 is 5.32 Å². The molecule has 0 aliphatic carbocycles. The van der Waals surface area contributed by atoms with Crippen molar-refractivity contribution in [3.8, 4) is 0 Å². The molecule has 0 heterocycles. The standard InChI is InChI=1S/C19H25NS/c1-3-7-16-10-12-18(13-11-16)19(20-2)15-21-14-17-8-5-4-6-9-17/h4-6,8-13,19-20H,3,7,14-15H2,1-2H3. The minimum Gasteiger partial charge on any atom is -0.312 e. The molecule has 0 saturated heterocycles. The second-order valence-corrected chi connectivity index (χ2v) is 6.36. The Morgan fingerprint density at radius 3 is 2.29 bits per heavy atom. The topological polar surface area (TPSA) is 12.0 Å². The predicted molar refractivity (Wildman–Crippen MR) is 94.8 cm³/mol. The number of hydrogen-bond donors (Lipinski definition) is 1. The monoisotopic (exact) mass is 299 g/mol. The summed E-state index contributed by atoms with van der Waals surface area (Å²) in [7, 11) is 2.05. The van der Waals surface area contributed by atoms with Crippen LogP contribution in [-0.4, -0.2) is 12.8 Å². The van der Waals surface area contributed by atoms with Crippen LogP contribution < -0.4 is 5.32 Å². The van der Waals surface area contributed by atoms with Crippen LogP contribution in [0.15, 0.2) is 54.6 Å². The lowest BCUT2D eigenvalue weighted by Crippen LogP contribution is -2.18. The molecule has 112 valence electrons. The van der Waals surface area contributed by atoms with E-state index in [0.29, 0.717) is 6.04 Å². The molecule has 1 atom stereocenters. The fourth-order valence-electron chi connectivity index (χ4n) is 2.42. The van der Waals surface area contributed by atoms with Gasteiger partial charge in [0.2, 0.25) is 0 Å². The molecule has 2 rings (SSSR count). The van der Waals surface area contributed by atoms with Crippen molar-refractivity contribution in [1.29, 1.82) is 0 Å². The molecule has 0 fully saturated rings. The van der Waals surface area contributed by atoms with Crippen LogP contribution in [0.2, 0.25) is 0 Å². The van der Waals surface area contributed by atoms with Crippen LogP contribution in [0, 0.1) is 0 Å². The number of rotatable bonds is 8. The molecular weight excluding hydrogens is 274 g/mol. The van der Waals surface area contributed by atoms with E-state index in [1.165, 1.54) is 29.5 Å². The van der Waals surface area contributed by atoms with E-state index < -0.39 is 0 Å². The van der Waals surface area contributed by atoms with E-state index in [4.69, 9.17) is 0 Å². The molecule has 1 N–H and O–H groups in total. The van der Waals surface area contributed by atoms with Gasteiger partial charge in [-0.3, -0.25) is 0 Å². The lowest BCUT2D eigenvalue weighted by atomic mass is 10.0. The first kappa shape index (κ1) is 16.1. The molecular formula is C19H25NS. The average Bonchev–Trinajstić information content (AvgIpc) is 2.54. The number of benzene rings is 2. The summed E-state index contributed by atoms with van der Waals surface area (Å²) in [6.45, 7) is 2.23. The van der Waals surface area contributed by atoms with Gasteiger partial charge in [-0.05, 0) is 30.2 Å². The largest absolute Gasteiger partial charge is 0.312 e. The van der Waals surface area contributed by atoms with E-state index >= 15 is 0 Å². The second-order valence-electron chi connectivity index (χ2n) is 5.33. The van der Waals surface area contributed by atoms with Crippen LogP contribution in [-0.2, 0) is 12.2 Å². The molecule has 1 unspecified atom stereocenters. The van der Waals surface area contributed by atoms with Gasteiger partial charge in [-0.15, -0.1) is 0 Å². The lowest BCUT2D eigenvalue weighted by Gasteiger charge is -2.17. The minimum atomic E-state index is 0.425. The molecule has 1 nitrogen and oxygen atoms in total.